The number of halogens is 3. The van der Waals surface area contributed by atoms with Gasteiger partial charge < -0.3 is 0 Å². The van der Waals surface area contributed by atoms with Crippen molar-refractivity contribution in [2.75, 3.05) is 0 Å². The maximum Gasteiger partial charge on any atom is 0.164 e. The minimum absolute atomic E-state index is 0.309. The first kappa shape index (κ1) is 13.9. The number of hydrogen-bond donors (Lipinski definition) is 0. The standard InChI is InChI=1S/C14H10BrCl2N3/c1-8-2-5-12-14(18-8)20(13(7-16)19-12)9-3-4-10(15)11(17)6-9/h2-6H,7H2,1H3. The molecular weight excluding hydrogens is 361 g/mol. The second-order valence-electron chi connectivity index (χ2n) is 4.39. The molecule has 0 atom stereocenters. The lowest BCUT2D eigenvalue weighted by Gasteiger charge is -2.08. The van der Waals surface area contributed by atoms with Crippen molar-refractivity contribution in [1.82, 2.24) is 14.5 Å². The first-order chi connectivity index (χ1) is 9.60. The maximum atomic E-state index is 6.17. The first-order valence-electron chi connectivity index (χ1n) is 5.96. The molecule has 0 N–H and O–H groups in total. The number of rotatable bonds is 2. The minimum atomic E-state index is 0.309. The number of nitrogens with zero attached hydrogens (tertiary/aromatic N) is 3. The first-order valence-corrected chi connectivity index (χ1v) is 7.67. The third-order valence-corrected chi connectivity index (χ3v) is 4.47. The fourth-order valence-electron chi connectivity index (χ4n) is 2.08. The molecule has 0 saturated carbocycles. The summed E-state index contributed by atoms with van der Waals surface area (Å²) in [4.78, 5) is 9.07. The fraction of sp³-hybridized carbons (Fsp3) is 0.143. The molecule has 3 rings (SSSR count). The molecule has 0 saturated heterocycles. The van der Waals surface area contributed by atoms with E-state index in [1.807, 2.05) is 41.8 Å². The van der Waals surface area contributed by atoms with E-state index in [1.165, 1.54) is 0 Å². The number of imidazole rings is 1. The Hall–Kier alpha value is -1.10. The number of aryl methyl sites for hydroxylation is 1. The Morgan fingerprint density at radius 2 is 2.00 bits per heavy atom. The Morgan fingerprint density at radius 1 is 1.20 bits per heavy atom. The van der Waals surface area contributed by atoms with Crippen LogP contribution >= 0.6 is 39.1 Å². The van der Waals surface area contributed by atoms with Crippen LogP contribution in [0, 0.1) is 6.92 Å². The zero-order valence-electron chi connectivity index (χ0n) is 10.6. The summed E-state index contributed by atoms with van der Waals surface area (Å²) in [6.07, 6.45) is 0. The van der Waals surface area contributed by atoms with E-state index in [1.54, 1.807) is 0 Å². The van der Waals surface area contributed by atoms with Crippen molar-refractivity contribution in [2.24, 2.45) is 0 Å². The number of pyridine rings is 1. The highest BCUT2D eigenvalue weighted by atomic mass is 79.9. The minimum Gasteiger partial charge on any atom is -0.280 e. The van der Waals surface area contributed by atoms with E-state index in [2.05, 4.69) is 25.9 Å². The molecule has 2 aromatic heterocycles. The van der Waals surface area contributed by atoms with Crippen LogP contribution in [0.5, 0.6) is 0 Å². The molecule has 6 heteroatoms. The summed E-state index contributed by atoms with van der Waals surface area (Å²) in [5.41, 5.74) is 3.45. The van der Waals surface area contributed by atoms with Crippen molar-refractivity contribution in [3.05, 3.63) is 51.3 Å². The van der Waals surface area contributed by atoms with Gasteiger partial charge in [-0.05, 0) is 53.2 Å². The van der Waals surface area contributed by atoms with E-state index in [-0.39, 0.29) is 0 Å². The molecule has 2 heterocycles. The van der Waals surface area contributed by atoms with Gasteiger partial charge in [0.15, 0.2) is 5.65 Å². The number of hydrogen-bond acceptors (Lipinski definition) is 2. The zero-order chi connectivity index (χ0) is 14.3. The lowest BCUT2D eigenvalue weighted by molar-refractivity contribution is 0.966. The Labute approximate surface area is 134 Å². The van der Waals surface area contributed by atoms with Crippen LogP contribution < -0.4 is 0 Å². The summed E-state index contributed by atoms with van der Waals surface area (Å²) >= 11 is 15.6. The summed E-state index contributed by atoms with van der Waals surface area (Å²) in [6.45, 7) is 1.95. The second-order valence-corrected chi connectivity index (χ2v) is 5.92. The van der Waals surface area contributed by atoms with Crippen LogP contribution in [-0.2, 0) is 5.88 Å². The van der Waals surface area contributed by atoms with Crippen molar-refractivity contribution in [3.8, 4) is 5.69 Å². The highest BCUT2D eigenvalue weighted by molar-refractivity contribution is 9.10. The smallest absolute Gasteiger partial charge is 0.164 e. The average molecular weight is 371 g/mol. The molecular formula is C14H10BrCl2N3. The van der Waals surface area contributed by atoms with Crippen molar-refractivity contribution in [2.45, 2.75) is 12.8 Å². The molecule has 0 aliphatic carbocycles. The molecule has 3 nitrogen and oxygen atoms in total. The number of fused-ring (bicyclic) bond motifs is 1. The van der Waals surface area contributed by atoms with E-state index in [0.29, 0.717) is 10.9 Å². The van der Waals surface area contributed by atoms with Crippen LogP contribution in [0.3, 0.4) is 0 Å². The van der Waals surface area contributed by atoms with Gasteiger partial charge in [0.2, 0.25) is 0 Å². The molecule has 0 unspecified atom stereocenters. The van der Waals surface area contributed by atoms with Crippen LogP contribution in [-0.4, -0.2) is 14.5 Å². The molecule has 0 amide bonds. The average Bonchev–Trinajstić information content (AvgIpc) is 2.79. The molecule has 102 valence electrons. The van der Waals surface area contributed by atoms with Crippen LogP contribution in [0.2, 0.25) is 5.02 Å². The quantitative estimate of drug-likeness (QED) is 0.601. The van der Waals surface area contributed by atoms with E-state index >= 15 is 0 Å². The zero-order valence-corrected chi connectivity index (χ0v) is 13.7. The molecule has 0 aliphatic rings. The lowest BCUT2D eigenvalue weighted by Crippen LogP contribution is -2.00. The predicted molar refractivity (Wildman–Crippen MR) is 85.9 cm³/mol. The normalized spacial score (nSPS) is 11.2. The van der Waals surface area contributed by atoms with Crippen LogP contribution in [0.4, 0.5) is 0 Å². The summed E-state index contributed by atoms with van der Waals surface area (Å²) in [6, 6.07) is 9.61. The van der Waals surface area contributed by atoms with Gasteiger partial charge in [0.1, 0.15) is 11.3 Å². The van der Waals surface area contributed by atoms with Gasteiger partial charge in [0.25, 0.3) is 0 Å². The highest BCUT2D eigenvalue weighted by Gasteiger charge is 2.14. The van der Waals surface area contributed by atoms with E-state index in [9.17, 15) is 0 Å². The third-order valence-electron chi connectivity index (χ3n) is 2.99. The van der Waals surface area contributed by atoms with E-state index in [4.69, 9.17) is 23.2 Å². The lowest BCUT2D eigenvalue weighted by atomic mass is 10.3. The molecule has 0 bridgehead atoms. The monoisotopic (exact) mass is 369 g/mol. The van der Waals surface area contributed by atoms with Crippen LogP contribution in [0.1, 0.15) is 11.5 Å². The molecule has 0 spiro atoms. The summed E-state index contributed by atoms with van der Waals surface area (Å²) in [7, 11) is 0. The maximum absolute atomic E-state index is 6.17. The van der Waals surface area contributed by atoms with Crippen molar-refractivity contribution >= 4 is 50.3 Å². The summed E-state index contributed by atoms with van der Waals surface area (Å²) < 4.78 is 2.79. The van der Waals surface area contributed by atoms with E-state index < -0.39 is 0 Å². The third kappa shape index (κ3) is 2.32. The molecule has 1 aromatic carbocycles. The van der Waals surface area contributed by atoms with Crippen molar-refractivity contribution < 1.29 is 0 Å². The molecule has 3 aromatic rings. The van der Waals surface area contributed by atoms with Gasteiger partial charge in [-0.1, -0.05) is 11.6 Å². The fourth-order valence-corrected chi connectivity index (χ4v) is 2.68. The SMILES string of the molecule is Cc1ccc2nc(CCl)n(-c3ccc(Br)c(Cl)c3)c2n1. The van der Waals surface area contributed by atoms with Gasteiger partial charge in [0, 0.05) is 10.2 Å². The van der Waals surface area contributed by atoms with Crippen molar-refractivity contribution in [1.29, 1.82) is 0 Å². The van der Waals surface area contributed by atoms with Gasteiger partial charge in [-0.2, -0.15) is 0 Å². The van der Waals surface area contributed by atoms with Gasteiger partial charge in [-0.15, -0.1) is 11.6 Å². The van der Waals surface area contributed by atoms with Crippen LogP contribution in [0.15, 0.2) is 34.8 Å². The van der Waals surface area contributed by atoms with Gasteiger partial charge in [-0.25, -0.2) is 9.97 Å². The Bertz CT molecular complexity index is 798. The topological polar surface area (TPSA) is 30.7 Å². The largest absolute Gasteiger partial charge is 0.280 e. The Morgan fingerprint density at radius 3 is 2.70 bits per heavy atom. The van der Waals surface area contributed by atoms with Crippen LogP contribution in [0.25, 0.3) is 16.9 Å². The van der Waals surface area contributed by atoms with Gasteiger partial charge in [-0.3, -0.25) is 4.57 Å². The molecule has 0 radical (unpaired) electrons. The van der Waals surface area contributed by atoms with Crippen molar-refractivity contribution in [3.63, 3.8) is 0 Å². The second kappa shape index (κ2) is 5.35. The molecule has 20 heavy (non-hydrogen) atoms. The molecule has 0 fully saturated rings. The number of aromatic nitrogens is 3. The predicted octanol–water partition coefficient (Wildman–Crippen LogP) is 4.88. The summed E-state index contributed by atoms with van der Waals surface area (Å²) in [5, 5.41) is 0.637. The Balaban J connectivity index is 2.32. The Kier molecular flexibility index (Phi) is 3.71. The summed E-state index contributed by atoms with van der Waals surface area (Å²) in [5.74, 6) is 1.06. The number of benzene rings is 1. The number of alkyl halides is 1. The van der Waals surface area contributed by atoms with E-state index in [0.717, 1.165) is 32.8 Å². The van der Waals surface area contributed by atoms with Gasteiger partial charge in [0.05, 0.1) is 16.6 Å². The molecule has 0 aliphatic heterocycles. The highest BCUT2D eigenvalue weighted by Crippen LogP contribution is 2.28. The van der Waals surface area contributed by atoms with Gasteiger partial charge >= 0.3 is 0 Å².